The van der Waals surface area contributed by atoms with Crippen molar-refractivity contribution < 1.29 is 9.18 Å². The van der Waals surface area contributed by atoms with Crippen molar-refractivity contribution in [2.75, 3.05) is 23.3 Å². The van der Waals surface area contributed by atoms with Crippen LogP contribution in [0.2, 0.25) is 0 Å². The fraction of sp³-hybridized carbons (Fsp3) is 0.235. The van der Waals surface area contributed by atoms with Crippen LogP contribution in [0.25, 0.3) is 0 Å². The van der Waals surface area contributed by atoms with Gasteiger partial charge in [0.2, 0.25) is 0 Å². The number of benzene rings is 2. The van der Waals surface area contributed by atoms with Crippen LogP contribution in [0.5, 0.6) is 0 Å². The molecule has 2 aromatic carbocycles. The molecule has 1 amide bonds. The number of anilines is 2. The molecule has 2 aromatic rings. The second kappa shape index (κ2) is 5.56. The number of rotatable bonds is 3. The highest BCUT2D eigenvalue weighted by molar-refractivity contribution is 6.10. The maximum absolute atomic E-state index is 13.5. The lowest BCUT2D eigenvalue weighted by Gasteiger charge is -2.19. The van der Waals surface area contributed by atoms with Crippen LogP contribution in [0.1, 0.15) is 22.8 Å². The van der Waals surface area contributed by atoms with Gasteiger partial charge in [-0.3, -0.25) is 4.79 Å². The zero-order valence-electron chi connectivity index (χ0n) is 11.9. The van der Waals surface area contributed by atoms with Gasteiger partial charge in [-0.25, -0.2) is 4.39 Å². The minimum atomic E-state index is -0.312. The number of para-hydroxylation sites is 1. The lowest BCUT2D eigenvalue weighted by Crippen LogP contribution is -2.29. The monoisotopic (exact) mass is 284 g/mol. The second-order valence-corrected chi connectivity index (χ2v) is 5.06. The Balaban J connectivity index is 1.96. The van der Waals surface area contributed by atoms with Gasteiger partial charge in [0.15, 0.2) is 0 Å². The lowest BCUT2D eigenvalue weighted by atomic mass is 10.1. The quantitative estimate of drug-likeness (QED) is 0.936. The van der Waals surface area contributed by atoms with Crippen molar-refractivity contribution in [2.24, 2.45) is 0 Å². The molecule has 0 aliphatic carbocycles. The minimum absolute atomic E-state index is 0.0871. The van der Waals surface area contributed by atoms with Crippen LogP contribution in [0.15, 0.2) is 42.5 Å². The van der Waals surface area contributed by atoms with Crippen molar-refractivity contribution in [1.82, 2.24) is 0 Å². The second-order valence-electron chi connectivity index (χ2n) is 5.06. The van der Waals surface area contributed by atoms with Crippen LogP contribution in [-0.4, -0.2) is 19.0 Å². The number of carbonyl (C=O) groups is 1. The molecule has 0 spiro atoms. The molecular weight excluding hydrogens is 267 g/mol. The first-order valence-corrected chi connectivity index (χ1v) is 7.14. The van der Waals surface area contributed by atoms with Gasteiger partial charge in [0.05, 0.1) is 11.3 Å². The van der Waals surface area contributed by atoms with E-state index in [4.69, 9.17) is 0 Å². The van der Waals surface area contributed by atoms with Crippen LogP contribution >= 0.6 is 0 Å². The van der Waals surface area contributed by atoms with E-state index in [0.717, 1.165) is 24.2 Å². The summed E-state index contributed by atoms with van der Waals surface area (Å²) < 4.78 is 13.5. The van der Waals surface area contributed by atoms with Crippen LogP contribution in [-0.2, 0) is 6.42 Å². The predicted molar refractivity (Wildman–Crippen MR) is 82.4 cm³/mol. The van der Waals surface area contributed by atoms with Gasteiger partial charge in [0.1, 0.15) is 5.82 Å². The normalized spacial score (nSPS) is 13.1. The Labute approximate surface area is 123 Å². The molecule has 0 saturated carbocycles. The molecule has 1 aliphatic heterocycles. The highest BCUT2D eigenvalue weighted by atomic mass is 19.1. The van der Waals surface area contributed by atoms with Gasteiger partial charge in [-0.1, -0.05) is 18.2 Å². The molecule has 1 heterocycles. The molecule has 3 nitrogen and oxygen atoms in total. The maximum Gasteiger partial charge on any atom is 0.260 e. The molecule has 21 heavy (non-hydrogen) atoms. The van der Waals surface area contributed by atoms with E-state index in [1.165, 1.54) is 12.1 Å². The molecule has 4 heteroatoms. The molecular formula is C17H17FN2O. The Morgan fingerprint density at radius 3 is 2.90 bits per heavy atom. The number of nitrogens with zero attached hydrogens (tertiary/aromatic N) is 1. The van der Waals surface area contributed by atoms with E-state index in [2.05, 4.69) is 5.32 Å². The number of halogens is 1. The zero-order chi connectivity index (χ0) is 14.8. The molecule has 0 saturated heterocycles. The highest BCUT2D eigenvalue weighted by Crippen LogP contribution is 2.31. The number of amides is 1. The predicted octanol–water partition coefficient (Wildman–Crippen LogP) is 3.46. The van der Waals surface area contributed by atoms with Crippen molar-refractivity contribution in [3.05, 3.63) is 59.4 Å². The topological polar surface area (TPSA) is 32.3 Å². The van der Waals surface area contributed by atoms with E-state index in [9.17, 15) is 9.18 Å². The van der Waals surface area contributed by atoms with E-state index in [1.54, 1.807) is 17.0 Å². The molecule has 3 rings (SSSR count). The molecule has 0 aromatic heterocycles. The first-order chi connectivity index (χ1) is 10.2. The summed E-state index contributed by atoms with van der Waals surface area (Å²) in [5.41, 5.74) is 3.14. The summed E-state index contributed by atoms with van der Waals surface area (Å²) in [5, 5.41) is 3.19. The molecule has 0 radical (unpaired) electrons. The van der Waals surface area contributed by atoms with Crippen LogP contribution < -0.4 is 10.2 Å². The highest BCUT2D eigenvalue weighted by Gasteiger charge is 2.27. The first kappa shape index (κ1) is 13.6. The third kappa shape index (κ3) is 2.49. The fourth-order valence-electron chi connectivity index (χ4n) is 2.72. The van der Waals surface area contributed by atoms with Gasteiger partial charge >= 0.3 is 0 Å². The Morgan fingerprint density at radius 2 is 2.10 bits per heavy atom. The van der Waals surface area contributed by atoms with Crippen molar-refractivity contribution >= 4 is 17.3 Å². The molecule has 108 valence electrons. The smallest absolute Gasteiger partial charge is 0.260 e. The summed E-state index contributed by atoms with van der Waals surface area (Å²) >= 11 is 0. The average Bonchev–Trinajstić information content (AvgIpc) is 2.90. The molecule has 0 atom stereocenters. The lowest BCUT2D eigenvalue weighted by molar-refractivity contribution is 0.0990. The summed E-state index contributed by atoms with van der Waals surface area (Å²) in [6, 6.07) is 12.1. The van der Waals surface area contributed by atoms with Crippen molar-refractivity contribution in [3.8, 4) is 0 Å². The minimum Gasteiger partial charge on any atom is -0.385 e. The summed E-state index contributed by atoms with van der Waals surface area (Å²) in [4.78, 5) is 14.4. The molecule has 1 N–H and O–H groups in total. The van der Waals surface area contributed by atoms with E-state index < -0.39 is 0 Å². The summed E-state index contributed by atoms with van der Waals surface area (Å²) in [5.74, 6) is -0.399. The van der Waals surface area contributed by atoms with Gasteiger partial charge in [-0.2, -0.15) is 0 Å². The number of carbonyl (C=O) groups excluding carboxylic acids is 1. The summed E-state index contributed by atoms with van der Waals surface area (Å²) in [6.45, 7) is 3.33. The van der Waals surface area contributed by atoms with Crippen molar-refractivity contribution in [2.45, 2.75) is 13.3 Å². The van der Waals surface area contributed by atoms with E-state index >= 15 is 0 Å². The SMILES string of the molecule is CCNc1ccccc1C(=O)N1CCc2ccc(F)cc21. The summed E-state index contributed by atoms with van der Waals surface area (Å²) in [6.07, 6.45) is 0.769. The Kier molecular flexibility index (Phi) is 3.60. The molecule has 0 bridgehead atoms. The number of nitrogens with one attached hydrogen (secondary N) is 1. The molecule has 0 fully saturated rings. The zero-order valence-corrected chi connectivity index (χ0v) is 11.9. The largest absolute Gasteiger partial charge is 0.385 e. The van der Waals surface area contributed by atoms with E-state index in [1.807, 2.05) is 25.1 Å². The fourth-order valence-corrected chi connectivity index (χ4v) is 2.72. The third-order valence-electron chi connectivity index (χ3n) is 3.71. The van der Waals surface area contributed by atoms with Gasteiger partial charge in [-0.15, -0.1) is 0 Å². The number of hydrogen-bond acceptors (Lipinski definition) is 2. The Hall–Kier alpha value is -2.36. The average molecular weight is 284 g/mol. The van der Waals surface area contributed by atoms with Gasteiger partial charge in [-0.05, 0) is 43.2 Å². The first-order valence-electron chi connectivity index (χ1n) is 7.14. The van der Waals surface area contributed by atoms with E-state index in [0.29, 0.717) is 17.8 Å². The molecule has 0 unspecified atom stereocenters. The van der Waals surface area contributed by atoms with Crippen LogP contribution in [0.3, 0.4) is 0 Å². The van der Waals surface area contributed by atoms with Gasteiger partial charge in [0, 0.05) is 18.8 Å². The van der Waals surface area contributed by atoms with Crippen molar-refractivity contribution in [3.63, 3.8) is 0 Å². The number of hydrogen-bond donors (Lipinski definition) is 1. The van der Waals surface area contributed by atoms with E-state index in [-0.39, 0.29) is 11.7 Å². The summed E-state index contributed by atoms with van der Waals surface area (Å²) in [7, 11) is 0. The Morgan fingerprint density at radius 1 is 1.29 bits per heavy atom. The van der Waals surface area contributed by atoms with Crippen LogP contribution in [0.4, 0.5) is 15.8 Å². The standard InChI is InChI=1S/C17H17FN2O/c1-2-19-15-6-4-3-5-14(15)17(21)20-10-9-12-7-8-13(18)11-16(12)20/h3-8,11,19H,2,9-10H2,1H3. The Bertz CT molecular complexity index is 684. The van der Waals surface area contributed by atoms with Gasteiger partial charge in [0.25, 0.3) is 5.91 Å². The van der Waals surface area contributed by atoms with Crippen molar-refractivity contribution in [1.29, 1.82) is 0 Å². The van der Waals surface area contributed by atoms with Gasteiger partial charge < -0.3 is 10.2 Å². The maximum atomic E-state index is 13.5. The van der Waals surface area contributed by atoms with Crippen LogP contribution in [0, 0.1) is 5.82 Å². The third-order valence-corrected chi connectivity index (χ3v) is 3.71. The number of fused-ring (bicyclic) bond motifs is 1. The molecule has 1 aliphatic rings.